The normalized spacial score (nSPS) is 20.4. The van der Waals surface area contributed by atoms with Crippen LogP contribution in [0.4, 0.5) is 0 Å². The molecule has 68 valence electrons. The third-order valence-corrected chi connectivity index (χ3v) is 2.32. The quantitative estimate of drug-likeness (QED) is 0.467. The standard InChI is InChI=1S/C8H15N3S/c1-10-4-6-11(7-5-10)3-2-9-8-12/h2-7H2,1H3. The summed E-state index contributed by atoms with van der Waals surface area (Å²) in [4.78, 5) is 8.65. The van der Waals surface area contributed by atoms with Crippen molar-refractivity contribution >= 4 is 17.4 Å². The summed E-state index contributed by atoms with van der Waals surface area (Å²) >= 11 is 4.49. The number of piperazine rings is 1. The van der Waals surface area contributed by atoms with Crippen molar-refractivity contribution in [3.63, 3.8) is 0 Å². The van der Waals surface area contributed by atoms with E-state index in [9.17, 15) is 0 Å². The smallest absolute Gasteiger partial charge is 0.0620 e. The SMILES string of the molecule is CN1CCN(CCN=C=S)CC1. The molecule has 12 heavy (non-hydrogen) atoms. The molecule has 0 aromatic rings. The molecule has 0 aliphatic carbocycles. The van der Waals surface area contributed by atoms with E-state index in [-0.39, 0.29) is 0 Å². The monoisotopic (exact) mass is 185 g/mol. The summed E-state index contributed by atoms with van der Waals surface area (Å²) < 4.78 is 0. The van der Waals surface area contributed by atoms with Gasteiger partial charge in [0.1, 0.15) is 0 Å². The first-order chi connectivity index (χ1) is 5.83. The Morgan fingerprint density at radius 1 is 1.33 bits per heavy atom. The summed E-state index contributed by atoms with van der Waals surface area (Å²) in [6.07, 6.45) is 0. The van der Waals surface area contributed by atoms with Crippen LogP contribution in [0.3, 0.4) is 0 Å². The number of rotatable bonds is 3. The fraction of sp³-hybridized carbons (Fsp3) is 0.875. The number of aliphatic imine (C=N–C) groups is 1. The molecule has 1 rings (SSSR count). The highest BCUT2D eigenvalue weighted by molar-refractivity contribution is 7.78. The van der Waals surface area contributed by atoms with Crippen LogP contribution in [0.25, 0.3) is 0 Å². The van der Waals surface area contributed by atoms with Crippen LogP contribution in [0.2, 0.25) is 0 Å². The zero-order chi connectivity index (χ0) is 8.81. The number of hydrogen-bond acceptors (Lipinski definition) is 4. The lowest BCUT2D eigenvalue weighted by atomic mass is 10.3. The molecule has 1 saturated heterocycles. The molecule has 0 radical (unpaired) electrons. The summed E-state index contributed by atoms with van der Waals surface area (Å²) in [5, 5.41) is 2.39. The third-order valence-electron chi connectivity index (χ3n) is 2.19. The molecule has 4 heteroatoms. The van der Waals surface area contributed by atoms with Gasteiger partial charge < -0.3 is 4.90 Å². The van der Waals surface area contributed by atoms with Gasteiger partial charge in [-0.3, -0.25) is 4.90 Å². The van der Waals surface area contributed by atoms with Crippen molar-refractivity contribution < 1.29 is 0 Å². The summed E-state index contributed by atoms with van der Waals surface area (Å²) in [7, 11) is 2.16. The van der Waals surface area contributed by atoms with Gasteiger partial charge >= 0.3 is 0 Å². The Balaban J connectivity index is 2.13. The molecule has 0 unspecified atom stereocenters. The van der Waals surface area contributed by atoms with Gasteiger partial charge in [0.15, 0.2) is 0 Å². The Morgan fingerprint density at radius 2 is 2.00 bits per heavy atom. The lowest BCUT2D eigenvalue weighted by molar-refractivity contribution is 0.157. The number of likely N-dealkylation sites (N-methyl/N-ethyl adjacent to an activating group) is 1. The van der Waals surface area contributed by atoms with Gasteiger partial charge in [-0.15, -0.1) is 0 Å². The van der Waals surface area contributed by atoms with Crippen LogP contribution in [-0.2, 0) is 0 Å². The van der Waals surface area contributed by atoms with Crippen molar-refractivity contribution in [2.24, 2.45) is 4.99 Å². The number of isothiocyanates is 1. The molecule has 1 fully saturated rings. The minimum Gasteiger partial charge on any atom is -0.304 e. The number of nitrogens with zero attached hydrogens (tertiary/aromatic N) is 3. The Morgan fingerprint density at radius 3 is 2.58 bits per heavy atom. The molecule has 0 bridgehead atoms. The Bertz CT molecular complexity index is 169. The second-order valence-electron chi connectivity index (χ2n) is 3.12. The van der Waals surface area contributed by atoms with E-state index >= 15 is 0 Å². The molecule has 0 spiro atoms. The minimum atomic E-state index is 0.799. The van der Waals surface area contributed by atoms with Crippen LogP contribution in [-0.4, -0.2) is 61.3 Å². The maximum Gasteiger partial charge on any atom is 0.0620 e. The first-order valence-electron chi connectivity index (χ1n) is 4.27. The summed E-state index contributed by atoms with van der Waals surface area (Å²) in [5.41, 5.74) is 0. The fourth-order valence-corrected chi connectivity index (χ4v) is 1.40. The van der Waals surface area contributed by atoms with Gasteiger partial charge in [-0.05, 0) is 19.3 Å². The van der Waals surface area contributed by atoms with Crippen LogP contribution >= 0.6 is 12.2 Å². The highest BCUT2D eigenvalue weighted by atomic mass is 32.1. The molecular weight excluding hydrogens is 170 g/mol. The van der Waals surface area contributed by atoms with E-state index in [1.807, 2.05) is 0 Å². The van der Waals surface area contributed by atoms with Gasteiger partial charge in [-0.25, -0.2) is 4.99 Å². The largest absolute Gasteiger partial charge is 0.304 e. The van der Waals surface area contributed by atoms with Gasteiger partial charge in [-0.1, -0.05) is 0 Å². The van der Waals surface area contributed by atoms with E-state index in [1.54, 1.807) is 0 Å². The average Bonchev–Trinajstić information content (AvgIpc) is 2.09. The molecule has 0 atom stereocenters. The number of hydrogen-bond donors (Lipinski definition) is 0. The molecule has 1 aliphatic rings. The molecule has 0 saturated carbocycles. The van der Waals surface area contributed by atoms with E-state index in [0.717, 1.165) is 26.2 Å². The molecule has 0 N–H and O–H groups in total. The Kier molecular flexibility index (Phi) is 4.40. The van der Waals surface area contributed by atoms with E-state index < -0.39 is 0 Å². The van der Waals surface area contributed by atoms with E-state index in [0.29, 0.717) is 0 Å². The second kappa shape index (κ2) is 5.38. The zero-order valence-corrected chi connectivity index (χ0v) is 8.31. The highest BCUT2D eigenvalue weighted by Gasteiger charge is 2.12. The lowest BCUT2D eigenvalue weighted by Crippen LogP contribution is -2.45. The molecule has 0 aromatic carbocycles. The van der Waals surface area contributed by atoms with Crippen molar-refractivity contribution in [2.45, 2.75) is 0 Å². The number of thiocarbonyl (C=S) groups is 1. The minimum absolute atomic E-state index is 0.799. The summed E-state index contributed by atoms with van der Waals surface area (Å²) in [5.74, 6) is 0. The Labute approximate surface area is 79.1 Å². The van der Waals surface area contributed by atoms with E-state index in [2.05, 4.69) is 39.2 Å². The van der Waals surface area contributed by atoms with E-state index in [4.69, 9.17) is 0 Å². The summed E-state index contributed by atoms with van der Waals surface area (Å²) in [6, 6.07) is 0. The van der Waals surface area contributed by atoms with Crippen LogP contribution in [0, 0.1) is 0 Å². The van der Waals surface area contributed by atoms with Crippen molar-refractivity contribution in [3.05, 3.63) is 0 Å². The molecule has 3 nitrogen and oxygen atoms in total. The van der Waals surface area contributed by atoms with Crippen LogP contribution in [0.15, 0.2) is 4.99 Å². The molecule has 0 amide bonds. The van der Waals surface area contributed by atoms with Crippen molar-refractivity contribution in [2.75, 3.05) is 46.3 Å². The van der Waals surface area contributed by atoms with Crippen LogP contribution in [0.1, 0.15) is 0 Å². The third kappa shape index (κ3) is 3.41. The predicted molar refractivity (Wildman–Crippen MR) is 53.8 cm³/mol. The van der Waals surface area contributed by atoms with Gasteiger partial charge in [0, 0.05) is 32.7 Å². The maximum atomic E-state index is 4.49. The van der Waals surface area contributed by atoms with Gasteiger partial charge in [0.2, 0.25) is 0 Å². The van der Waals surface area contributed by atoms with Gasteiger partial charge in [-0.2, -0.15) is 0 Å². The molecular formula is C8H15N3S. The van der Waals surface area contributed by atoms with Crippen LogP contribution < -0.4 is 0 Å². The zero-order valence-electron chi connectivity index (χ0n) is 7.49. The first kappa shape index (κ1) is 9.81. The maximum absolute atomic E-state index is 4.49. The van der Waals surface area contributed by atoms with Crippen molar-refractivity contribution in [3.8, 4) is 0 Å². The highest BCUT2D eigenvalue weighted by Crippen LogP contribution is 1.97. The second-order valence-corrected chi connectivity index (χ2v) is 3.30. The summed E-state index contributed by atoms with van der Waals surface area (Å²) in [6.45, 7) is 6.47. The van der Waals surface area contributed by atoms with E-state index in [1.165, 1.54) is 13.1 Å². The predicted octanol–water partition coefficient (Wildman–Crippen LogP) is 0.337. The average molecular weight is 185 g/mol. The topological polar surface area (TPSA) is 18.8 Å². The fourth-order valence-electron chi connectivity index (χ4n) is 1.31. The molecule has 1 heterocycles. The van der Waals surface area contributed by atoms with Gasteiger partial charge in [0.25, 0.3) is 0 Å². The van der Waals surface area contributed by atoms with Gasteiger partial charge in [0.05, 0.1) is 11.7 Å². The molecule has 0 aromatic heterocycles. The van der Waals surface area contributed by atoms with Crippen LogP contribution in [0.5, 0.6) is 0 Å². The van der Waals surface area contributed by atoms with Crippen molar-refractivity contribution in [1.82, 2.24) is 9.80 Å². The lowest BCUT2D eigenvalue weighted by Gasteiger charge is -2.31. The van der Waals surface area contributed by atoms with Crippen molar-refractivity contribution in [1.29, 1.82) is 0 Å². The first-order valence-corrected chi connectivity index (χ1v) is 4.68. The Hall–Kier alpha value is -0.280. The molecule has 1 aliphatic heterocycles.